The van der Waals surface area contributed by atoms with Gasteiger partial charge in [-0.1, -0.05) is 5.16 Å². The van der Waals surface area contributed by atoms with Crippen molar-refractivity contribution in [3.63, 3.8) is 0 Å². The number of carboxylic acid groups (broad SMARTS) is 1. The Bertz CT molecular complexity index is 1210. The van der Waals surface area contributed by atoms with Crippen LogP contribution in [0.25, 0.3) is 0 Å². The number of oxime groups is 1. The Labute approximate surface area is 201 Å². The molecule has 13 nitrogen and oxygen atoms in total. The quantitative estimate of drug-likeness (QED) is 0.156. The van der Waals surface area contributed by atoms with Crippen LogP contribution in [-0.4, -0.2) is 66.6 Å². The third-order valence-corrected chi connectivity index (χ3v) is 6.78. The number of carbonyl (C=O) groups is 3. The molecule has 15 heteroatoms. The number of fused-ring (bicyclic) bond motifs is 1. The molecule has 0 aliphatic carbocycles. The van der Waals surface area contributed by atoms with Crippen LogP contribution >= 0.6 is 23.3 Å². The summed E-state index contributed by atoms with van der Waals surface area (Å²) >= 11 is 2.17. The summed E-state index contributed by atoms with van der Waals surface area (Å²) in [7, 11) is 0. The topological polar surface area (TPSA) is 187 Å². The number of aromatic hydroxyl groups is 1. The summed E-state index contributed by atoms with van der Waals surface area (Å²) in [6.45, 7) is 2.00. The van der Waals surface area contributed by atoms with E-state index in [4.69, 9.17) is 10.6 Å². The van der Waals surface area contributed by atoms with Crippen LogP contribution in [0.1, 0.15) is 12.7 Å². The standard InChI is InChI=1S/C19H19N7O6S2/c1-2-32-23-11(14-22-19(20)34-24-14)15(28)21-12-16(29)26-13(18(30)31)9(8-33-17(12)26)6-25-5-3-4-10(27)7-25/h3-5,7,12,17H,2,6,8H2,1H3,(H4-,20,21,22,24,27,28,30,31)/t12?,17-/m0/s1. The summed E-state index contributed by atoms with van der Waals surface area (Å²) in [4.78, 5) is 47.7. The SMILES string of the molecule is CCON=C(C(=O)NC1C(=O)N2C(C(=O)[O-])=C(C[n+]3cccc(O)c3)CS[C@@H]12)c1nsc(N)n1. The van der Waals surface area contributed by atoms with Gasteiger partial charge in [-0.2, -0.15) is 13.9 Å². The van der Waals surface area contributed by atoms with Gasteiger partial charge in [0.15, 0.2) is 23.6 Å². The zero-order valence-corrected chi connectivity index (χ0v) is 19.3. The summed E-state index contributed by atoms with van der Waals surface area (Å²) in [5.74, 6) is -2.62. The molecule has 2 aliphatic heterocycles. The summed E-state index contributed by atoms with van der Waals surface area (Å²) in [5.41, 5.74) is 5.53. The van der Waals surface area contributed by atoms with Crippen molar-refractivity contribution in [2.75, 3.05) is 18.1 Å². The van der Waals surface area contributed by atoms with Crippen LogP contribution in [0.5, 0.6) is 5.75 Å². The molecular weight excluding hydrogens is 486 g/mol. The number of β-lactam (4-membered cyclic amide) rings is 1. The highest BCUT2D eigenvalue weighted by Crippen LogP contribution is 2.40. The first-order valence-electron chi connectivity index (χ1n) is 9.96. The van der Waals surface area contributed by atoms with E-state index in [1.54, 1.807) is 23.8 Å². The maximum Gasteiger partial charge on any atom is 0.278 e. The highest BCUT2D eigenvalue weighted by atomic mass is 32.2. The van der Waals surface area contributed by atoms with Crippen molar-refractivity contribution in [2.24, 2.45) is 5.16 Å². The lowest BCUT2D eigenvalue weighted by atomic mass is 10.0. The Kier molecular flexibility index (Phi) is 6.65. The fourth-order valence-electron chi connectivity index (χ4n) is 3.47. The molecule has 4 rings (SSSR count). The number of rotatable bonds is 8. The Morgan fingerprint density at radius 2 is 2.29 bits per heavy atom. The van der Waals surface area contributed by atoms with E-state index in [2.05, 4.69) is 19.8 Å². The van der Waals surface area contributed by atoms with Gasteiger partial charge in [0.05, 0.1) is 11.7 Å². The van der Waals surface area contributed by atoms with E-state index < -0.39 is 29.2 Å². The molecule has 34 heavy (non-hydrogen) atoms. The number of nitrogen functional groups attached to an aromatic ring is 1. The van der Waals surface area contributed by atoms with E-state index in [1.165, 1.54) is 24.0 Å². The summed E-state index contributed by atoms with van der Waals surface area (Å²) in [5, 5.41) is 27.4. The number of carbonyl (C=O) groups excluding carboxylic acids is 3. The fraction of sp³-hybridized carbons (Fsp3) is 0.316. The summed E-state index contributed by atoms with van der Waals surface area (Å²) in [6.07, 6.45) is 3.10. The Hall–Kier alpha value is -3.72. The first-order chi connectivity index (χ1) is 16.3. The number of hydrogen-bond donors (Lipinski definition) is 3. The van der Waals surface area contributed by atoms with Gasteiger partial charge in [-0.15, -0.1) is 11.8 Å². The minimum absolute atomic E-state index is 0.0168. The van der Waals surface area contributed by atoms with Crippen LogP contribution in [0.15, 0.2) is 41.0 Å². The lowest BCUT2D eigenvalue weighted by Gasteiger charge is -2.50. The second-order valence-corrected chi connectivity index (χ2v) is 9.04. The fourth-order valence-corrected chi connectivity index (χ4v) is 5.24. The van der Waals surface area contributed by atoms with E-state index in [1.807, 2.05) is 0 Å². The van der Waals surface area contributed by atoms with E-state index in [9.17, 15) is 24.6 Å². The predicted molar refractivity (Wildman–Crippen MR) is 118 cm³/mol. The molecule has 0 saturated carbocycles. The van der Waals surface area contributed by atoms with Gasteiger partial charge in [0, 0.05) is 28.9 Å². The van der Waals surface area contributed by atoms with Crippen molar-refractivity contribution in [1.82, 2.24) is 19.6 Å². The van der Waals surface area contributed by atoms with Gasteiger partial charge in [0.2, 0.25) is 17.7 Å². The average molecular weight is 506 g/mol. The third kappa shape index (κ3) is 4.51. The third-order valence-electron chi connectivity index (χ3n) is 4.90. The van der Waals surface area contributed by atoms with Crippen LogP contribution in [0.2, 0.25) is 0 Å². The van der Waals surface area contributed by atoms with Gasteiger partial charge < -0.3 is 30.9 Å². The number of nitrogens with one attached hydrogen (secondary N) is 1. The van der Waals surface area contributed by atoms with Gasteiger partial charge in [-0.25, -0.2) is 0 Å². The minimum atomic E-state index is -1.50. The molecule has 0 bridgehead atoms. The van der Waals surface area contributed by atoms with Crippen LogP contribution in [0.4, 0.5) is 5.13 Å². The average Bonchev–Trinajstić information content (AvgIpc) is 3.23. The van der Waals surface area contributed by atoms with Crippen LogP contribution < -0.4 is 20.7 Å². The van der Waals surface area contributed by atoms with Gasteiger partial charge in [0.1, 0.15) is 18.0 Å². The number of nitrogens with zero attached hydrogens (tertiary/aromatic N) is 5. The van der Waals surface area contributed by atoms with Crippen LogP contribution in [-0.2, 0) is 25.8 Å². The largest absolute Gasteiger partial charge is 0.543 e. The lowest BCUT2D eigenvalue weighted by Crippen LogP contribution is -2.71. The van der Waals surface area contributed by atoms with Crippen LogP contribution in [0, 0.1) is 0 Å². The molecule has 2 aromatic heterocycles. The molecule has 2 aliphatic rings. The number of nitrogens with two attached hydrogens (primary N) is 1. The molecule has 1 saturated heterocycles. The molecule has 1 unspecified atom stereocenters. The molecule has 0 spiro atoms. The van der Waals surface area contributed by atoms with Crippen molar-refractivity contribution in [2.45, 2.75) is 24.9 Å². The number of aromatic nitrogens is 3. The number of amides is 2. The van der Waals surface area contributed by atoms with E-state index in [0.717, 1.165) is 16.4 Å². The molecule has 1 fully saturated rings. The molecule has 2 aromatic rings. The summed E-state index contributed by atoms with van der Waals surface area (Å²) in [6, 6.07) is 2.10. The highest BCUT2D eigenvalue weighted by molar-refractivity contribution is 8.00. The van der Waals surface area contributed by atoms with Gasteiger partial charge >= 0.3 is 0 Å². The molecule has 4 heterocycles. The van der Waals surface area contributed by atoms with Crippen molar-refractivity contribution < 1.29 is 34.0 Å². The maximum absolute atomic E-state index is 12.9. The predicted octanol–water partition coefficient (Wildman–Crippen LogP) is -2.04. The molecule has 0 aromatic carbocycles. The van der Waals surface area contributed by atoms with Gasteiger partial charge in [0.25, 0.3) is 11.8 Å². The van der Waals surface area contributed by atoms with E-state index >= 15 is 0 Å². The Balaban J connectivity index is 1.53. The maximum atomic E-state index is 12.9. The van der Waals surface area contributed by atoms with Crippen molar-refractivity contribution >= 4 is 51.9 Å². The Morgan fingerprint density at radius 3 is 2.94 bits per heavy atom. The molecule has 2 atom stereocenters. The van der Waals surface area contributed by atoms with Gasteiger partial charge in [-0.05, 0) is 13.0 Å². The number of hydrogen-bond acceptors (Lipinski definition) is 12. The number of anilines is 1. The Morgan fingerprint density at radius 1 is 1.50 bits per heavy atom. The van der Waals surface area contributed by atoms with E-state index in [-0.39, 0.29) is 47.0 Å². The number of aliphatic carboxylic acids is 1. The van der Waals surface area contributed by atoms with Crippen molar-refractivity contribution in [3.8, 4) is 5.75 Å². The molecule has 2 amide bonds. The summed E-state index contributed by atoms with van der Waals surface area (Å²) < 4.78 is 5.55. The molecular formula is C19H19N7O6S2. The monoisotopic (exact) mass is 505 g/mol. The van der Waals surface area contributed by atoms with E-state index in [0.29, 0.717) is 5.57 Å². The van der Waals surface area contributed by atoms with Crippen LogP contribution in [0.3, 0.4) is 0 Å². The van der Waals surface area contributed by atoms with Gasteiger partial charge in [-0.3, -0.25) is 14.5 Å². The lowest BCUT2D eigenvalue weighted by molar-refractivity contribution is -0.689. The zero-order chi connectivity index (χ0) is 24.4. The second kappa shape index (κ2) is 9.64. The highest BCUT2D eigenvalue weighted by Gasteiger charge is 2.53. The smallest absolute Gasteiger partial charge is 0.278 e. The molecule has 0 radical (unpaired) electrons. The number of thioether (sulfide) groups is 1. The van der Waals surface area contributed by atoms with Crippen molar-refractivity contribution in [1.29, 1.82) is 0 Å². The number of pyridine rings is 1. The minimum Gasteiger partial charge on any atom is -0.543 e. The number of carboxylic acids is 1. The zero-order valence-electron chi connectivity index (χ0n) is 17.7. The molecule has 178 valence electrons. The first-order valence-corrected chi connectivity index (χ1v) is 11.8. The normalized spacial score (nSPS) is 20.0. The van der Waals surface area contributed by atoms with Crippen molar-refractivity contribution in [3.05, 3.63) is 41.6 Å². The second-order valence-electron chi connectivity index (χ2n) is 7.15. The first kappa shape index (κ1) is 23.4. The molecule has 4 N–H and O–H groups in total.